The van der Waals surface area contributed by atoms with Crippen molar-refractivity contribution in [2.24, 2.45) is 0 Å². The smallest absolute Gasteiger partial charge is 0.329 e. The maximum Gasteiger partial charge on any atom is 0.329 e. The predicted molar refractivity (Wildman–Crippen MR) is 108 cm³/mol. The molecule has 5 nitrogen and oxygen atoms in total. The maximum absolute atomic E-state index is 13.4. The van der Waals surface area contributed by atoms with Crippen molar-refractivity contribution in [2.75, 3.05) is 0 Å². The molecule has 1 N–H and O–H groups in total. The van der Waals surface area contributed by atoms with Crippen LogP contribution in [-0.4, -0.2) is 16.8 Å². The molecule has 0 aliphatic carbocycles. The first-order chi connectivity index (χ1) is 13.9. The van der Waals surface area contributed by atoms with Gasteiger partial charge in [-0.2, -0.15) is 0 Å². The third kappa shape index (κ3) is 4.04. The summed E-state index contributed by atoms with van der Waals surface area (Å²) in [4.78, 5) is 25.9. The minimum atomic E-state index is -0.566. The summed E-state index contributed by atoms with van der Waals surface area (Å²) >= 11 is 12.0. The van der Waals surface area contributed by atoms with Gasteiger partial charge in [-0.1, -0.05) is 41.4 Å². The molecule has 1 aliphatic rings. The van der Waals surface area contributed by atoms with Gasteiger partial charge in [-0.05, 0) is 42.0 Å². The lowest BCUT2D eigenvalue weighted by atomic mass is 10.2. The summed E-state index contributed by atoms with van der Waals surface area (Å²) in [7, 11) is 0. The van der Waals surface area contributed by atoms with Crippen LogP contribution < -0.4 is 5.32 Å². The highest BCUT2D eigenvalue weighted by Crippen LogP contribution is 2.26. The number of carbonyl (C=O) groups is 2. The number of nitrogens with zero attached hydrogens (tertiary/aromatic N) is 1. The molecule has 1 saturated heterocycles. The third-order valence-electron chi connectivity index (χ3n) is 4.33. The number of imide groups is 1. The summed E-state index contributed by atoms with van der Waals surface area (Å²) < 4.78 is 19.0. The fourth-order valence-electron chi connectivity index (χ4n) is 2.91. The molecule has 0 spiro atoms. The molecule has 2 heterocycles. The second-order valence-electron chi connectivity index (χ2n) is 6.33. The standard InChI is InChI=1S/C21H13Cl2FN2O3/c22-14-5-4-13(17(23)9-14)11-26-20(27)18(25-21(26)28)10-16-6-7-19(29-16)12-2-1-3-15(24)8-12/h1-10H,11H2,(H,25,28)/b18-10-. The van der Waals surface area contributed by atoms with Crippen molar-refractivity contribution < 1.29 is 18.4 Å². The molecule has 3 aromatic rings. The van der Waals surface area contributed by atoms with Gasteiger partial charge in [-0.15, -0.1) is 0 Å². The fourth-order valence-corrected chi connectivity index (χ4v) is 3.37. The van der Waals surface area contributed by atoms with E-state index in [1.807, 2.05) is 0 Å². The highest BCUT2D eigenvalue weighted by atomic mass is 35.5. The lowest BCUT2D eigenvalue weighted by Crippen LogP contribution is -2.30. The van der Waals surface area contributed by atoms with E-state index >= 15 is 0 Å². The van der Waals surface area contributed by atoms with Crippen LogP contribution in [0.2, 0.25) is 10.0 Å². The number of benzene rings is 2. The zero-order chi connectivity index (χ0) is 20.5. The van der Waals surface area contributed by atoms with Crippen molar-refractivity contribution in [3.8, 4) is 11.3 Å². The Kier molecular flexibility index (Phi) is 5.13. The molecule has 0 radical (unpaired) electrons. The van der Waals surface area contributed by atoms with Gasteiger partial charge in [0.1, 0.15) is 23.0 Å². The second kappa shape index (κ2) is 7.73. The van der Waals surface area contributed by atoms with Gasteiger partial charge in [-0.25, -0.2) is 9.18 Å². The summed E-state index contributed by atoms with van der Waals surface area (Å²) in [6.45, 7) is 0.00467. The van der Waals surface area contributed by atoms with Crippen LogP contribution in [0.4, 0.5) is 9.18 Å². The van der Waals surface area contributed by atoms with Crippen molar-refractivity contribution in [3.05, 3.63) is 87.5 Å². The van der Waals surface area contributed by atoms with Gasteiger partial charge < -0.3 is 9.73 Å². The minimum Gasteiger partial charge on any atom is -0.457 e. The molecule has 0 unspecified atom stereocenters. The number of amides is 3. The Balaban J connectivity index is 1.55. The zero-order valence-corrected chi connectivity index (χ0v) is 16.3. The predicted octanol–water partition coefficient (Wildman–Crippen LogP) is 5.49. The van der Waals surface area contributed by atoms with Gasteiger partial charge in [0.25, 0.3) is 5.91 Å². The average molecular weight is 431 g/mol. The van der Waals surface area contributed by atoms with E-state index in [4.69, 9.17) is 27.6 Å². The summed E-state index contributed by atoms with van der Waals surface area (Å²) in [6.07, 6.45) is 1.42. The number of hydrogen-bond acceptors (Lipinski definition) is 3. The summed E-state index contributed by atoms with van der Waals surface area (Å²) in [5.74, 6) is -0.101. The zero-order valence-electron chi connectivity index (χ0n) is 14.8. The number of urea groups is 1. The largest absolute Gasteiger partial charge is 0.457 e. The van der Waals surface area contributed by atoms with Gasteiger partial charge >= 0.3 is 6.03 Å². The molecule has 0 saturated carbocycles. The highest BCUT2D eigenvalue weighted by Gasteiger charge is 2.34. The van der Waals surface area contributed by atoms with Crippen LogP contribution in [0, 0.1) is 5.82 Å². The van der Waals surface area contributed by atoms with Crippen molar-refractivity contribution in [2.45, 2.75) is 6.54 Å². The van der Waals surface area contributed by atoms with Crippen LogP contribution in [0.25, 0.3) is 17.4 Å². The van der Waals surface area contributed by atoms with Gasteiger partial charge in [0, 0.05) is 21.7 Å². The third-order valence-corrected chi connectivity index (χ3v) is 4.92. The molecular weight excluding hydrogens is 418 g/mol. The molecule has 29 heavy (non-hydrogen) atoms. The molecule has 1 fully saturated rings. The fraction of sp³-hybridized carbons (Fsp3) is 0.0476. The molecule has 1 aromatic heterocycles. The van der Waals surface area contributed by atoms with Crippen molar-refractivity contribution in [1.29, 1.82) is 0 Å². The highest BCUT2D eigenvalue weighted by molar-refractivity contribution is 6.35. The molecule has 0 atom stereocenters. The summed E-state index contributed by atoms with van der Waals surface area (Å²) in [5.41, 5.74) is 1.22. The summed E-state index contributed by atoms with van der Waals surface area (Å²) in [6, 6.07) is 13.5. The molecule has 2 aromatic carbocycles. The number of furan rings is 1. The molecule has 8 heteroatoms. The van der Waals surface area contributed by atoms with E-state index in [1.54, 1.807) is 42.5 Å². The first-order valence-corrected chi connectivity index (χ1v) is 9.30. The van der Waals surface area contributed by atoms with Crippen LogP contribution in [0.1, 0.15) is 11.3 Å². The Hall–Kier alpha value is -3.09. The Morgan fingerprint density at radius 2 is 1.90 bits per heavy atom. The number of carbonyl (C=O) groups excluding carboxylic acids is 2. The Bertz CT molecular complexity index is 1160. The quantitative estimate of drug-likeness (QED) is 0.439. The van der Waals surface area contributed by atoms with Gasteiger partial charge in [0.15, 0.2) is 0 Å². The van der Waals surface area contributed by atoms with Crippen LogP contribution in [-0.2, 0) is 11.3 Å². The van der Waals surface area contributed by atoms with Crippen molar-refractivity contribution in [1.82, 2.24) is 10.2 Å². The van der Waals surface area contributed by atoms with E-state index in [0.29, 0.717) is 32.7 Å². The van der Waals surface area contributed by atoms with Crippen LogP contribution >= 0.6 is 23.2 Å². The lowest BCUT2D eigenvalue weighted by Gasteiger charge is -2.13. The van der Waals surface area contributed by atoms with Crippen LogP contribution in [0.5, 0.6) is 0 Å². The topological polar surface area (TPSA) is 62.6 Å². The van der Waals surface area contributed by atoms with Crippen LogP contribution in [0.3, 0.4) is 0 Å². The maximum atomic E-state index is 13.4. The van der Waals surface area contributed by atoms with E-state index in [2.05, 4.69) is 5.32 Å². The van der Waals surface area contributed by atoms with E-state index in [9.17, 15) is 14.0 Å². The summed E-state index contributed by atoms with van der Waals surface area (Å²) in [5, 5.41) is 3.34. The van der Waals surface area contributed by atoms with E-state index in [1.165, 1.54) is 18.2 Å². The number of rotatable bonds is 4. The van der Waals surface area contributed by atoms with Crippen molar-refractivity contribution in [3.63, 3.8) is 0 Å². The second-order valence-corrected chi connectivity index (χ2v) is 7.17. The van der Waals surface area contributed by atoms with Gasteiger partial charge in [0.2, 0.25) is 0 Å². The SMILES string of the molecule is O=C1N/C(=C\c2ccc(-c3cccc(F)c3)o2)C(=O)N1Cc1ccc(Cl)cc1Cl. The monoisotopic (exact) mass is 430 g/mol. The Morgan fingerprint density at radius 1 is 1.07 bits per heavy atom. The Labute approximate surface area is 175 Å². The molecule has 4 rings (SSSR count). The Morgan fingerprint density at radius 3 is 2.66 bits per heavy atom. The number of halogens is 3. The van der Waals surface area contributed by atoms with Gasteiger partial charge in [-0.3, -0.25) is 9.69 Å². The first-order valence-electron chi connectivity index (χ1n) is 8.55. The molecular formula is C21H13Cl2FN2O3. The van der Waals surface area contributed by atoms with Crippen LogP contribution in [0.15, 0.2) is 64.7 Å². The van der Waals surface area contributed by atoms with Gasteiger partial charge in [0.05, 0.1) is 6.54 Å². The van der Waals surface area contributed by atoms with E-state index in [-0.39, 0.29) is 18.1 Å². The number of hydrogen-bond donors (Lipinski definition) is 1. The normalized spacial score (nSPS) is 15.3. The van der Waals surface area contributed by atoms with E-state index in [0.717, 1.165) is 4.90 Å². The number of nitrogens with one attached hydrogen (secondary N) is 1. The molecule has 1 aliphatic heterocycles. The molecule has 3 amide bonds. The molecule has 0 bridgehead atoms. The van der Waals surface area contributed by atoms with Crippen molar-refractivity contribution >= 4 is 41.2 Å². The van der Waals surface area contributed by atoms with E-state index < -0.39 is 11.9 Å². The minimum absolute atomic E-state index is 0.00467. The average Bonchev–Trinajstić information content (AvgIpc) is 3.24. The molecule has 146 valence electrons. The first kappa shape index (κ1) is 19.2. The lowest BCUT2D eigenvalue weighted by molar-refractivity contribution is -0.123.